The van der Waals surface area contributed by atoms with Crippen LogP contribution in [-0.2, 0) is 7.05 Å². The molecule has 1 aromatic heterocycles. The van der Waals surface area contributed by atoms with Gasteiger partial charge in [-0.2, -0.15) is 0 Å². The number of carbonyl (C=O) groups excluding carboxylic acids is 1. The van der Waals surface area contributed by atoms with Gasteiger partial charge in [-0.25, -0.2) is 0 Å². The topological polar surface area (TPSA) is 63.1 Å². The summed E-state index contributed by atoms with van der Waals surface area (Å²) < 4.78 is 1.69. The number of hydrogen-bond donors (Lipinski definition) is 1. The minimum atomic E-state index is 0.00306. The Morgan fingerprint density at radius 1 is 1.35 bits per heavy atom. The molecule has 2 rings (SSSR count). The van der Waals surface area contributed by atoms with Gasteiger partial charge in [-0.3, -0.25) is 9.48 Å². The van der Waals surface area contributed by atoms with Crippen LogP contribution in [0.4, 0.5) is 0 Å². The average molecular weight is 237 g/mol. The van der Waals surface area contributed by atoms with Crippen molar-refractivity contribution in [1.29, 1.82) is 0 Å². The van der Waals surface area contributed by atoms with Crippen molar-refractivity contribution >= 4 is 5.91 Å². The number of nitrogens with one attached hydrogen (secondary N) is 1. The molecule has 6 nitrogen and oxygen atoms in total. The summed E-state index contributed by atoms with van der Waals surface area (Å²) in [5.74, 6) is 0.250. The fourth-order valence-electron chi connectivity index (χ4n) is 2.18. The highest BCUT2D eigenvalue weighted by atomic mass is 16.2. The molecular weight excluding hydrogens is 218 g/mol. The van der Waals surface area contributed by atoms with Gasteiger partial charge in [0.15, 0.2) is 5.69 Å². The normalized spacial score (nSPS) is 16.6. The van der Waals surface area contributed by atoms with Crippen LogP contribution in [0.2, 0.25) is 0 Å². The van der Waals surface area contributed by atoms with E-state index in [2.05, 4.69) is 15.6 Å². The van der Waals surface area contributed by atoms with Crippen LogP contribution in [-0.4, -0.2) is 52.0 Å². The first-order valence-corrected chi connectivity index (χ1v) is 6.01. The molecule has 1 aliphatic rings. The Balaban J connectivity index is 2.24. The molecule has 1 aromatic rings. The third-order valence-electron chi connectivity index (χ3n) is 3.02. The van der Waals surface area contributed by atoms with E-state index in [1.807, 2.05) is 25.8 Å². The number of carbonyl (C=O) groups is 1. The van der Waals surface area contributed by atoms with Crippen LogP contribution in [0.5, 0.6) is 0 Å². The average Bonchev–Trinajstić information content (AvgIpc) is 2.71. The molecule has 94 valence electrons. The summed E-state index contributed by atoms with van der Waals surface area (Å²) in [6.45, 7) is 7.28. The Labute approximate surface area is 101 Å². The highest BCUT2D eigenvalue weighted by Crippen LogP contribution is 2.18. The predicted octanol–water partition coefficient (Wildman–Crippen LogP) is -0.0161. The SMILES string of the molecule is CC(C)c1c(C(=O)N2CCNCC2)nnn1C. The van der Waals surface area contributed by atoms with E-state index >= 15 is 0 Å². The van der Waals surface area contributed by atoms with Crippen LogP contribution in [0.15, 0.2) is 0 Å². The Morgan fingerprint density at radius 2 is 2.00 bits per heavy atom. The fourth-order valence-corrected chi connectivity index (χ4v) is 2.18. The Bertz CT molecular complexity index is 406. The third kappa shape index (κ3) is 2.31. The lowest BCUT2D eigenvalue weighted by molar-refractivity contribution is 0.0728. The van der Waals surface area contributed by atoms with Crippen LogP contribution in [0, 0.1) is 0 Å². The van der Waals surface area contributed by atoms with Crippen molar-refractivity contribution in [3.8, 4) is 0 Å². The molecule has 6 heteroatoms. The number of hydrogen-bond acceptors (Lipinski definition) is 4. The minimum Gasteiger partial charge on any atom is -0.335 e. The molecule has 17 heavy (non-hydrogen) atoms. The first kappa shape index (κ1) is 12.0. The van der Waals surface area contributed by atoms with Gasteiger partial charge in [-0.1, -0.05) is 19.1 Å². The zero-order valence-electron chi connectivity index (χ0n) is 10.6. The lowest BCUT2D eigenvalue weighted by atomic mass is 10.1. The van der Waals surface area contributed by atoms with Gasteiger partial charge in [0.1, 0.15) is 0 Å². The van der Waals surface area contributed by atoms with E-state index in [1.54, 1.807) is 4.68 Å². The predicted molar refractivity (Wildman–Crippen MR) is 63.9 cm³/mol. The molecule has 0 atom stereocenters. The van der Waals surface area contributed by atoms with Crippen LogP contribution in [0.1, 0.15) is 35.9 Å². The van der Waals surface area contributed by atoms with Gasteiger partial charge in [0.2, 0.25) is 0 Å². The second kappa shape index (κ2) is 4.83. The Kier molecular flexibility index (Phi) is 3.42. The highest BCUT2D eigenvalue weighted by Gasteiger charge is 2.25. The quantitative estimate of drug-likeness (QED) is 0.785. The van der Waals surface area contributed by atoms with Crippen molar-refractivity contribution in [3.05, 3.63) is 11.4 Å². The molecule has 0 spiro atoms. The first-order chi connectivity index (χ1) is 8.11. The summed E-state index contributed by atoms with van der Waals surface area (Å²) in [5, 5.41) is 11.2. The van der Waals surface area contributed by atoms with Crippen LogP contribution < -0.4 is 5.32 Å². The zero-order chi connectivity index (χ0) is 12.4. The van der Waals surface area contributed by atoms with Crippen molar-refractivity contribution < 1.29 is 4.79 Å². The molecule has 0 unspecified atom stereocenters. The van der Waals surface area contributed by atoms with Gasteiger partial charge < -0.3 is 10.2 Å². The van der Waals surface area contributed by atoms with Gasteiger partial charge in [0, 0.05) is 33.2 Å². The molecule has 2 heterocycles. The monoisotopic (exact) mass is 237 g/mol. The summed E-state index contributed by atoms with van der Waals surface area (Å²) in [6, 6.07) is 0. The number of aromatic nitrogens is 3. The Hall–Kier alpha value is -1.43. The van der Waals surface area contributed by atoms with E-state index in [9.17, 15) is 4.79 Å². The standard InChI is InChI=1S/C11H19N5O/c1-8(2)10-9(13-14-15(10)3)11(17)16-6-4-12-5-7-16/h8,12H,4-7H2,1-3H3. The number of nitrogens with zero attached hydrogens (tertiary/aromatic N) is 4. The molecule has 0 bridgehead atoms. The van der Waals surface area contributed by atoms with Gasteiger partial charge in [0.05, 0.1) is 5.69 Å². The van der Waals surface area contributed by atoms with Gasteiger partial charge in [-0.15, -0.1) is 5.10 Å². The van der Waals surface area contributed by atoms with E-state index in [4.69, 9.17) is 0 Å². The largest absolute Gasteiger partial charge is 0.335 e. The second-order valence-electron chi connectivity index (χ2n) is 4.64. The molecule has 0 saturated carbocycles. The highest BCUT2D eigenvalue weighted by molar-refractivity contribution is 5.93. The summed E-state index contributed by atoms with van der Waals surface area (Å²) >= 11 is 0. The molecule has 0 radical (unpaired) electrons. The lowest BCUT2D eigenvalue weighted by Crippen LogP contribution is -2.46. The third-order valence-corrected chi connectivity index (χ3v) is 3.02. The number of rotatable bonds is 2. The van der Waals surface area contributed by atoms with Gasteiger partial charge in [-0.05, 0) is 5.92 Å². The van der Waals surface area contributed by atoms with Crippen molar-refractivity contribution in [3.63, 3.8) is 0 Å². The van der Waals surface area contributed by atoms with E-state index in [0.717, 1.165) is 31.9 Å². The Morgan fingerprint density at radius 3 is 2.59 bits per heavy atom. The van der Waals surface area contributed by atoms with Gasteiger partial charge in [0.25, 0.3) is 5.91 Å². The molecule has 0 aliphatic carbocycles. The summed E-state index contributed by atoms with van der Waals surface area (Å²) in [5.41, 5.74) is 1.41. The van der Waals surface area contributed by atoms with Crippen LogP contribution in [0.3, 0.4) is 0 Å². The maximum atomic E-state index is 12.3. The number of amides is 1. The molecule has 1 amide bonds. The van der Waals surface area contributed by atoms with Crippen molar-refractivity contribution in [2.75, 3.05) is 26.2 Å². The molecule has 0 aromatic carbocycles. The van der Waals surface area contributed by atoms with E-state index in [0.29, 0.717) is 5.69 Å². The second-order valence-corrected chi connectivity index (χ2v) is 4.64. The summed E-state index contributed by atoms with van der Waals surface area (Å²) in [6.07, 6.45) is 0. The van der Waals surface area contributed by atoms with Crippen molar-refractivity contribution in [2.45, 2.75) is 19.8 Å². The first-order valence-electron chi connectivity index (χ1n) is 6.01. The number of piperazine rings is 1. The zero-order valence-corrected chi connectivity index (χ0v) is 10.6. The van der Waals surface area contributed by atoms with E-state index < -0.39 is 0 Å². The molecule has 1 saturated heterocycles. The summed E-state index contributed by atoms with van der Waals surface area (Å²) in [7, 11) is 1.83. The molecule has 1 N–H and O–H groups in total. The van der Waals surface area contributed by atoms with Crippen molar-refractivity contribution in [2.24, 2.45) is 7.05 Å². The molecule has 1 fully saturated rings. The van der Waals surface area contributed by atoms with E-state index in [1.165, 1.54) is 0 Å². The fraction of sp³-hybridized carbons (Fsp3) is 0.727. The van der Waals surface area contributed by atoms with Crippen molar-refractivity contribution in [1.82, 2.24) is 25.2 Å². The maximum Gasteiger partial charge on any atom is 0.276 e. The summed E-state index contributed by atoms with van der Waals surface area (Å²) in [4.78, 5) is 14.2. The van der Waals surface area contributed by atoms with Crippen LogP contribution in [0.25, 0.3) is 0 Å². The lowest BCUT2D eigenvalue weighted by Gasteiger charge is -2.27. The smallest absolute Gasteiger partial charge is 0.276 e. The number of aryl methyl sites for hydroxylation is 1. The van der Waals surface area contributed by atoms with Gasteiger partial charge >= 0.3 is 0 Å². The van der Waals surface area contributed by atoms with E-state index in [-0.39, 0.29) is 11.8 Å². The van der Waals surface area contributed by atoms with Crippen LogP contribution >= 0.6 is 0 Å². The molecular formula is C11H19N5O. The molecule has 1 aliphatic heterocycles. The minimum absolute atomic E-state index is 0.00306. The maximum absolute atomic E-state index is 12.3.